The fraction of sp³-hybridized carbons (Fsp3) is 0.575. The van der Waals surface area contributed by atoms with E-state index in [1.165, 1.54) is 0 Å². The van der Waals surface area contributed by atoms with Gasteiger partial charge >= 0.3 is 5.97 Å². The maximum atomic E-state index is 14.3. The third-order valence-corrected chi connectivity index (χ3v) is 11.6. The van der Waals surface area contributed by atoms with Gasteiger partial charge in [-0.2, -0.15) is 0 Å². The van der Waals surface area contributed by atoms with Gasteiger partial charge in [0.25, 0.3) is 0 Å². The van der Waals surface area contributed by atoms with Crippen molar-refractivity contribution in [2.45, 2.75) is 98.0 Å². The van der Waals surface area contributed by atoms with E-state index in [-0.39, 0.29) is 42.5 Å². The lowest BCUT2D eigenvalue weighted by atomic mass is 9.84. The van der Waals surface area contributed by atoms with Crippen molar-refractivity contribution in [2.75, 3.05) is 27.3 Å². The molecule has 2 aliphatic rings. The number of carbonyl (C=O) groups excluding carboxylic acids is 3. The summed E-state index contributed by atoms with van der Waals surface area (Å²) in [5.41, 5.74) is 2.56. The van der Waals surface area contributed by atoms with Crippen LogP contribution in [0.15, 0.2) is 36.2 Å². The average Bonchev–Trinajstić information content (AvgIpc) is 3.39. The molecule has 5 atom stereocenters. The second-order valence-electron chi connectivity index (χ2n) is 14.3. The zero-order valence-corrected chi connectivity index (χ0v) is 31.6. The second kappa shape index (κ2) is 16.0. The molecule has 50 heavy (non-hydrogen) atoms. The Morgan fingerprint density at radius 3 is 2.52 bits per heavy atom. The number of ether oxygens (including phenoxy) is 3. The highest BCUT2D eigenvalue weighted by Gasteiger charge is 2.62. The van der Waals surface area contributed by atoms with E-state index < -0.39 is 23.4 Å². The second-order valence-corrected chi connectivity index (χ2v) is 15.2. The van der Waals surface area contributed by atoms with Crippen molar-refractivity contribution in [1.82, 2.24) is 14.9 Å². The first-order chi connectivity index (χ1) is 24.0. The highest BCUT2D eigenvalue weighted by atomic mass is 32.1. The molecule has 0 saturated heterocycles. The molecule has 9 nitrogen and oxygen atoms in total. The van der Waals surface area contributed by atoms with Gasteiger partial charge in [0.15, 0.2) is 0 Å². The fourth-order valence-corrected chi connectivity index (χ4v) is 8.52. The van der Waals surface area contributed by atoms with Gasteiger partial charge in [0.05, 0.1) is 36.3 Å². The summed E-state index contributed by atoms with van der Waals surface area (Å²) in [7, 11) is 3.46. The van der Waals surface area contributed by atoms with Gasteiger partial charge in [-0.15, -0.1) is 17.9 Å². The number of ketones is 1. The number of nitrogens with zero attached hydrogens (tertiary/aromatic N) is 3. The number of Topliss-reactive ketones (excluding diaryl/α,β-unsaturated/α-hetero) is 1. The molecule has 0 aliphatic heterocycles. The number of aryl methyl sites for hydroxylation is 1. The van der Waals surface area contributed by atoms with Crippen LogP contribution in [0.5, 0.6) is 11.5 Å². The first-order valence-electron chi connectivity index (χ1n) is 18.1. The van der Waals surface area contributed by atoms with Gasteiger partial charge in [0, 0.05) is 48.3 Å². The molecule has 2 aliphatic carbocycles. The van der Waals surface area contributed by atoms with Crippen molar-refractivity contribution in [3.05, 3.63) is 47.5 Å². The minimum Gasteiger partial charge on any atom is -0.496 e. The van der Waals surface area contributed by atoms with E-state index in [9.17, 15) is 14.4 Å². The third kappa shape index (κ3) is 7.75. The first kappa shape index (κ1) is 37.5. The van der Waals surface area contributed by atoms with Crippen molar-refractivity contribution in [3.8, 4) is 22.2 Å². The highest BCUT2D eigenvalue weighted by Crippen LogP contribution is 2.59. The number of aromatic nitrogens is 2. The van der Waals surface area contributed by atoms with Crippen LogP contribution in [-0.4, -0.2) is 65.9 Å². The van der Waals surface area contributed by atoms with Crippen LogP contribution in [0, 0.1) is 30.1 Å². The molecular weight excluding hydrogens is 651 g/mol. The van der Waals surface area contributed by atoms with E-state index in [2.05, 4.69) is 25.8 Å². The van der Waals surface area contributed by atoms with Crippen LogP contribution in [0.3, 0.4) is 0 Å². The van der Waals surface area contributed by atoms with Gasteiger partial charge in [-0.3, -0.25) is 14.4 Å². The highest BCUT2D eigenvalue weighted by molar-refractivity contribution is 7.13. The number of pyridine rings is 1. The quantitative estimate of drug-likeness (QED) is 0.0785. The molecule has 0 spiro atoms. The molecule has 0 radical (unpaired) electrons. The standard InChI is InChI=1S/C40H53N3O6S/c1-9-12-13-14-17-43(7)38(45)30-19-27(18-29(30)33(44)22-40(21-26(40)10-2)39(46)48-11-3)49-35-20-31(37-42-32(23-50-37)24(4)5)41-36-25(6)34(47-8)16-15-28(35)36/h9,15-16,20,23-24,26-27,29-30H,1,10-14,17-19,21-22H2,2-8H3/t26-,27-,29-,30-,40-/m1/s1. The van der Waals surface area contributed by atoms with Crippen molar-refractivity contribution in [1.29, 1.82) is 0 Å². The maximum absolute atomic E-state index is 14.3. The van der Waals surface area contributed by atoms with Crippen molar-refractivity contribution in [2.24, 2.45) is 23.2 Å². The number of hydrogen-bond acceptors (Lipinski definition) is 9. The molecule has 2 saturated carbocycles. The molecule has 270 valence electrons. The summed E-state index contributed by atoms with van der Waals surface area (Å²) < 4.78 is 17.9. The molecule has 1 aromatic carbocycles. The topological polar surface area (TPSA) is 108 Å². The van der Waals surface area contributed by atoms with E-state index in [0.29, 0.717) is 37.3 Å². The number of unbranched alkanes of at least 4 members (excludes halogenated alkanes) is 2. The molecule has 2 aromatic heterocycles. The number of amides is 1. The third-order valence-electron chi connectivity index (χ3n) is 10.7. The minimum absolute atomic E-state index is 0.0501. The molecule has 1 amide bonds. The number of fused-ring (bicyclic) bond motifs is 1. The number of allylic oxidation sites excluding steroid dienone is 1. The monoisotopic (exact) mass is 703 g/mol. The number of benzene rings is 1. The Kier molecular flexibility index (Phi) is 12.0. The van der Waals surface area contributed by atoms with Crippen LogP contribution in [-0.2, 0) is 19.1 Å². The van der Waals surface area contributed by atoms with Crippen LogP contribution in [0.25, 0.3) is 21.6 Å². The number of thiazole rings is 1. The summed E-state index contributed by atoms with van der Waals surface area (Å²) in [6, 6.07) is 5.79. The number of methoxy groups -OCH3 is 1. The summed E-state index contributed by atoms with van der Waals surface area (Å²) in [5, 5.41) is 3.69. The Balaban J connectivity index is 1.47. The largest absolute Gasteiger partial charge is 0.496 e. The lowest BCUT2D eigenvalue weighted by Gasteiger charge is -2.25. The van der Waals surface area contributed by atoms with E-state index >= 15 is 0 Å². The van der Waals surface area contributed by atoms with E-state index in [1.54, 1.807) is 30.3 Å². The normalized spacial score (nSPS) is 22.8. The Bertz CT molecular complexity index is 1720. The molecule has 2 fully saturated rings. The average molecular weight is 704 g/mol. The van der Waals surface area contributed by atoms with Gasteiger partial charge < -0.3 is 19.1 Å². The number of hydrogen-bond donors (Lipinski definition) is 0. The van der Waals surface area contributed by atoms with Gasteiger partial charge in [-0.1, -0.05) is 33.3 Å². The van der Waals surface area contributed by atoms with Crippen molar-refractivity contribution < 1.29 is 28.6 Å². The fourth-order valence-electron chi connectivity index (χ4n) is 7.57. The Labute approximate surface area is 300 Å². The Hall–Kier alpha value is -3.79. The van der Waals surface area contributed by atoms with Crippen molar-refractivity contribution in [3.63, 3.8) is 0 Å². The zero-order valence-electron chi connectivity index (χ0n) is 30.8. The maximum Gasteiger partial charge on any atom is 0.312 e. The van der Waals surface area contributed by atoms with Gasteiger partial charge in [0.1, 0.15) is 34.1 Å². The van der Waals surface area contributed by atoms with E-state index in [4.69, 9.17) is 24.2 Å². The van der Waals surface area contributed by atoms with Crippen LogP contribution in [0.1, 0.15) is 96.2 Å². The molecule has 0 N–H and O–H groups in total. The van der Waals surface area contributed by atoms with Crippen LogP contribution < -0.4 is 9.47 Å². The summed E-state index contributed by atoms with van der Waals surface area (Å²) in [5.74, 6) is 0.259. The van der Waals surface area contributed by atoms with Gasteiger partial charge in [-0.05, 0) is 76.3 Å². The predicted octanol–water partition coefficient (Wildman–Crippen LogP) is 8.33. The SMILES string of the molecule is C=CCCCCN(C)C(=O)[C@@H]1C[C@H](Oc2cc(-c3nc(C(C)C)cs3)nc3c(C)c(OC)ccc23)C[C@H]1C(=O)C[C@]1(C(=O)OCC)C[C@H]1CC. The first-order valence-corrected chi connectivity index (χ1v) is 19.0. The Morgan fingerprint density at radius 2 is 1.88 bits per heavy atom. The molecule has 0 unspecified atom stereocenters. The lowest BCUT2D eigenvalue weighted by molar-refractivity contribution is -0.152. The summed E-state index contributed by atoms with van der Waals surface area (Å²) in [4.78, 5) is 53.1. The molecule has 3 aromatic rings. The summed E-state index contributed by atoms with van der Waals surface area (Å²) in [6.45, 7) is 14.7. The molecule has 5 rings (SSSR count). The minimum atomic E-state index is -0.791. The van der Waals surface area contributed by atoms with E-state index in [0.717, 1.165) is 58.6 Å². The smallest absolute Gasteiger partial charge is 0.312 e. The van der Waals surface area contributed by atoms with Gasteiger partial charge in [0.2, 0.25) is 5.91 Å². The lowest BCUT2D eigenvalue weighted by Crippen LogP contribution is -2.38. The molecular formula is C40H53N3O6S. The number of esters is 1. The molecule has 0 bridgehead atoms. The van der Waals surface area contributed by atoms with Crippen LogP contribution in [0.4, 0.5) is 0 Å². The molecule has 10 heteroatoms. The Morgan fingerprint density at radius 1 is 1.12 bits per heavy atom. The predicted molar refractivity (Wildman–Crippen MR) is 198 cm³/mol. The number of rotatable bonds is 17. The molecule has 2 heterocycles. The van der Waals surface area contributed by atoms with E-state index in [1.807, 2.05) is 45.2 Å². The zero-order chi connectivity index (χ0) is 36.2. The summed E-state index contributed by atoms with van der Waals surface area (Å²) in [6.07, 6.45) is 6.52. The van der Waals surface area contributed by atoms with Crippen LogP contribution >= 0.6 is 11.3 Å². The van der Waals surface area contributed by atoms with Gasteiger partial charge in [-0.25, -0.2) is 9.97 Å². The summed E-state index contributed by atoms with van der Waals surface area (Å²) >= 11 is 1.55. The van der Waals surface area contributed by atoms with Crippen LogP contribution in [0.2, 0.25) is 0 Å². The number of carbonyl (C=O) groups is 3. The van der Waals surface area contributed by atoms with Crippen molar-refractivity contribution >= 4 is 39.9 Å².